The zero-order chi connectivity index (χ0) is 25.5. The number of carbonyl (C=O) groups is 2. The van der Waals surface area contributed by atoms with E-state index in [1.54, 1.807) is 7.05 Å². The topological polar surface area (TPSA) is 89.3 Å². The van der Waals surface area contributed by atoms with Crippen molar-refractivity contribution in [2.45, 2.75) is 18.6 Å². The number of aryl methyl sites for hydroxylation is 1. The van der Waals surface area contributed by atoms with Crippen molar-refractivity contribution in [3.8, 4) is 5.88 Å². The number of aromatic nitrogens is 3. The molecule has 13 heteroatoms. The predicted molar refractivity (Wildman–Crippen MR) is 122 cm³/mol. The number of ether oxygens (including phenoxy) is 1. The number of benzene rings is 1. The Morgan fingerprint density at radius 3 is 2.60 bits per heavy atom. The van der Waals surface area contributed by atoms with E-state index in [9.17, 15) is 22.8 Å². The maximum Gasteiger partial charge on any atom is 0.417 e. The lowest BCUT2D eigenvalue weighted by molar-refractivity contribution is -0.137. The van der Waals surface area contributed by atoms with Gasteiger partial charge in [0.15, 0.2) is 0 Å². The lowest BCUT2D eigenvalue weighted by atomic mass is 10.0. The average molecular weight is 528 g/mol. The van der Waals surface area contributed by atoms with Crippen LogP contribution in [0.2, 0.25) is 10.0 Å². The Balaban J connectivity index is 1.62. The summed E-state index contributed by atoms with van der Waals surface area (Å²) < 4.78 is 46.9. The van der Waals surface area contributed by atoms with Gasteiger partial charge in [-0.1, -0.05) is 23.2 Å². The smallest absolute Gasteiger partial charge is 0.417 e. The number of hydrogen-bond acceptors (Lipinski definition) is 5. The van der Waals surface area contributed by atoms with Crippen LogP contribution in [0.25, 0.3) is 0 Å². The number of anilines is 1. The normalized spacial score (nSPS) is 15.5. The minimum atomic E-state index is -4.77. The van der Waals surface area contributed by atoms with E-state index < -0.39 is 35.2 Å². The number of pyridine rings is 1. The van der Waals surface area contributed by atoms with Crippen molar-refractivity contribution in [2.75, 3.05) is 18.6 Å². The minimum Gasteiger partial charge on any atom is -0.480 e. The van der Waals surface area contributed by atoms with Crippen LogP contribution in [0.15, 0.2) is 36.7 Å². The Kier molecular flexibility index (Phi) is 6.65. The number of halogens is 5. The van der Waals surface area contributed by atoms with Gasteiger partial charge in [-0.2, -0.15) is 18.3 Å². The van der Waals surface area contributed by atoms with Crippen molar-refractivity contribution in [1.29, 1.82) is 0 Å². The van der Waals surface area contributed by atoms with Crippen LogP contribution in [0.4, 0.5) is 18.9 Å². The predicted octanol–water partition coefficient (Wildman–Crippen LogP) is 4.67. The Bertz CT molecular complexity index is 1310. The van der Waals surface area contributed by atoms with Crippen LogP contribution in [0.1, 0.15) is 44.4 Å². The quantitative estimate of drug-likeness (QED) is 0.532. The van der Waals surface area contributed by atoms with E-state index in [4.69, 9.17) is 27.9 Å². The highest BCUT2D eigenvalue weighted by Gasteiger charge is 2.38. The maximum absolute atomic E-state index is 13.5. The third kappa shape index (κ3) is 4.78. The number of amides is 2. The maximum atomic E-state index is 13.5. The molecule has 3 aromatic rings. The highest BCUT2D eigenvalue weighted by molar-refractivity contribution is 6.32. The molecular weight excluding hydrogens is 510 g/mol. The number of carbonyl (C=O) groups excluding carboxylic acids is 2. The Morgan fingerprint density at radius 1 is 1.20 bits per heavy atom. The van der Waals surface area contributed by atoms with Gasteiger partial charge in [0.1, 0.15) is 5.02 Å². The van der Waals surface area contributed by atoms with E-state index in [-0.39, 0.29) is 34.5 Å². The standard InChI is InChI=1S/C22H18Cl2F3N5O3/c1-31-18-16(30-19(33)13-4-3-12(23)8-14(13)22(25,26)27)5-6-32(17(18)10-29-31)21(34)11-7-15(24)20(35-2)28-9-11/h3-4,7-10,16H,5-6H2,1-2H3,(H,30,33). The molecule has 1 aliphatic heterocycles. The molecule has 0 spiro atoms. The lowest BCUT2D eigenvalue weighted by Crippen LogP contribution is -2.41. The summed E-state index contributed by atoms with van der Waals surface area (Å²) in [5.74, 6) is -1.15. The number of nitrogens with zero attached hydrogens (tertiary/aromatic N) is 4. The fraction of sp³-hybridized carbons (Fsp3) is 0.273. The summed E-state index contributed by atoms with van der Waals surface area (Å²) in [5.41, 5.74) is -0.599. The second-order valence-electron chi connectivity index (χ2n) is 7.71. The van der Waals surface area contributed by atoms with Crippen molar-refractivity contribution in [2.24, 2.45) is 7.05 Å². The van der Waals surface area contributed by atoms with Crippen LogP contribution in [0.3, 0.4) is 0 Å². The molecule has 0 aliphatic carbocycles. The average Bonchev–Trinajstić information content (AvgIpc) is 3.20. The van der Waals surface area contributed by atoms with E-state index >= 15 is 0 Å². The van der Waals surface area contributed by atoms with Gasteiger partial charge in [0.25, 0.3) is 11.8 Å². The van der Waals surface area contributed by atoms with E-state index in [2.05, 4.69) is 15.4 Å². The third-order valence-corrected chi connectivity index (χ3v) is 6.06. The van der Waals surface area contributed by atoms with E-state index in [0.717, 1.165) is 6.07 Å². The molecule has 0 fully saturated rings. The number of nitrogens with one attached hydrogen (secondary N) is 1. The molecule has 0 radical (unpaired) electrons. The molecule has 8 nitrogen and oxygen atoms in total. The summed E-state index contributed by atoms with van der Waals surface area (Å²) in [6.07, 6.45) is -1.75. The molecule has 0 saturated heterocycles. The molecule has 184 valence electrons. The van der Waals surface area contributed by atoms with Crippen LogP contribution < -0.4 is 15.0 Å². The first-order valence-electron chi connectivity index (χ1n) is 10.2. The SMILES string of the molecule is COc1ncc(C(=O)N2CCC(NC(=O)c3ccc(Cl)cc3C(F)(F)F)c3c2cnn3C)cc1Cl. The summed E-state index contributed by atoms with van der Waals surface area (Å²) in [6.45, 7) is 0.166. The monoisotopic (exact) mass is 527 g/mol. The molecule has 1 unspecified atom stereocenters. The highest BCUT2D eigenvalue weighted by Crippen LogP contribution is 2.37. The molecule has 4 rings (SSSR count). The van der Waals surface area contributed by atoms with Crippen LogP contribution in [0, 0.1) is 0 Å². The highest BCUT2D eigenvalue weighted by atomic mass is 35.5. The molecule has 0 saturated carbocycles. The van der Waals surface area contributed by atoms with Crippen molar-refractivity contribution >= 4 is 40.7 Å². The second kappa shape index (κ2) is 9.38. The summed E-state index contributed by atoms with van der Waals surface area (Å²) in [5, 5.41) is 6.85. The van der Waals surface area contributed by atoms with Crippen molar-refractivity contribution in [3.63, 3.8) is 0 Å². The Hall–Kier alpha value is -3.31. The number of methoxy groups -OCH3 is 1. The van der Waals surface area contributed by atoms with Gasteiger partial charge in [-0.25, -0.2) is 4.98 Å². The van der Waals surface area contributed by atoms with Gasteiger partial charge >= 0.3 is 6.18 Å². The molecule has 2 aromatic heterocycles. The second-order valence-corrected chi connectivity index (χ2v) is 8.56. The van der Waals surface area contributed by atoms with Crippen LogP contribution in [-0.4, -0.2) is 40.2 Å². The van der Waals surface area contributed by atoms with Gasteiger partial charge in [-0.3, -0.25) is 14.3 Å². The zero-order valence-corrected chi connectivity index (χ0v) is 19.9. The van der Waals surface area contributed by atoms with Crippen LogP contribution >= 0.6 is 23.2 Å². The van der Waals surface area contributed by atoms with Crippen LogP contribution in [-0.2, 0) is 13.2 Å². The van der Waals surface area contributed by atoms with Crippen molar-refractivity contribution in [1.82, 2.24) is 20.1 Å². The summed E-state index contributed by atoms with van der Waals surface area (Å²) in [6, 6.07) is 3.70. The first-order chi connectivity index (χ1) is 16.5. The molecule has 1 aliphatic rings. The van der Waals surface area contributed by atoms with Crippen molar-refractivity contribution in [3.05, 3.63) is 69.1 Å². The first-order valence-corrected chi connectivity index (χ1v) is 11.0. The number of alkyl halides is 3. The number of hydrogen-bond donors (Lipinski definition) is 1. The van der Waals surface area contributed by atoms with E-state index in [1.165, 1.54) is 41.2 Å². The molecule has 1 aromatic carbocycles. The Labute approximate surface area is 207 Å². The summed E-state index contributed by atoms with van der Waals surface area (Å²) in [4.78, 5) is 31.5. The number of rotatable bonds is 4. The van der Waals surface area contributed by atoms with Gasteiger partial charge < -0.3 is 15.0 Å². The zero-order valence-electron chi connectivity index (χ0n) is 18.4. The van der Waals surface area contributed by atoms with Crippen molar-refractivity contribution < 1.29 is 27.5 Å². The molecular formula is C22H18Cl2F3N5O3. The van der Waals surface area contributed by atoms with E-state index in [0.29, 0.717) is 17.4 Å². The minimum absolute atomic E-state index is 0.136. The van der Waals surface area contributed by atoms with Gasteiger partial charge in [0.2, 0.25) is 5.88 Å². The third-order valence-electron chi connectivity index (χ3n) is 5.56. The largest absolute Gasteiger partial charge is 0.480 e. The molecule has 1 atom stereocenters. The Morgan fingerprint density at radius 2 is 1.94 bits per heavy atom. The summed E-state index contributed by atoms with van der Waals surface area (Å²) >= 11 is 11.8. The van der Waals surface area contributed by atoms with Gasteiger partial charge in [-0.05, 0) is 30.7 Å². The molecule has 2 amide bonds. The number of fused-ring (bicyclic) bond motifs is 1. The van der Waals surface area contributed by atoms with Crippen LogP contribution in [0.5, 0.6) is 5.88 Å². The van der Waals surface area contributed by atoms with Gasteiger partial charge in [-0.15, -0.1) is 0 Å². The molecule has 0 bridgehead atoms. The van der Waals surface area contributed by atoms with Gasteiger partial charge in [0.05, 0.1) is 47.4 Å². The fourth-order valence-electron chi connectivity index (χ4n) is 3.95. The molecule has 3 heterocycles. The summed E-state index contributed by atoms with van der Waals surface area (Å²) in [7, 11) is 3.01. The fourth-order valence-corrected chi connectivity index (χ4v) is 4.36. The first kappa shape index (κ1) is 24.8. The molecule has 1 N–H and O–H groups in total. The van der Waals surface area contributed by atoms with E-state index in [1.807, 2.05) is 0 Å². The lowest BCUT2D eigenvalue weighted by Gasteiger charge is -2.32. The van der Waals surface area contributed by atoms with Gasteiger partial charge in [0, 0.05) is 24.8 Å². The molecule has 35 heavy (non-hydrogen) atoms.